The van der Waals surface area contributed by atoms with Crippen LogP contribution in [0.1, 0.15) is 13.3 Å². The van der Waals surface area contributed by atoms with Gasteiger partial charge in [-0.1, -0.05) is 13.3 Å². The van der Waals surface area contributed by atoms with Crippen LogP contribution in [0.25, 0.3) is 0 Å². The molecule has 0 amide bonds. The average molecular weight is 204 g/mol. The maximum absolute atomic E-state index is 9.79. The summed E-state index contributed by atoms with van der Waals surface area (Å²) in [7, 11) is 0. The topological polar surface area (TPSA) is 111 Å². The van der Waals surface area contributed by atoms with Crippen LogP contribution in [0.5, 0.6) is 0 Å². The smallest absolute Gasteiger partial charge is 0.229 e. The lowest BCUT2D eigenvalue weighted by Gasteiger charge is -2.33. The van der Waals surface area contributed by atoms with Gasteiger partial charge in [0.1, 0.15) is 0 Å². The molecule has 2 rings (SSSR count). The van der Waals surface area contributed by atoms with Gasteiger partial charge in [-0.2, -0.15) is 0 Å². The minimum Gasteiger partial charge on any atom is -0.361 e. The lowest BCUT2D eigenvalue weighted by atomic mass is 9.85. The minimum atomic E-state index is -2.23. The van der Waals surface area contributed by atoms with Crippen molar-refractivity contribution in [3.05, 3.63) is 0 Å². The van der Waals surface area contributed by atoms with Crippen LogP contribution >= 0.6 is 0 Å². The summed E-state index contributed by atoms with van der Waals surface area (Å²) in [6, 6.07) is 0. The Balaban J connectivity index is 2.29. The molecule has 6 nitrogen and oxygen atoms in total. The molecule has 3 atom stereocenters. The lowest BCUT2D eigenvalue weighted by Crippen LogP contribution is -2.67. The Morgan fingerprint density at radius 2 is 2.07 bits per heavy atom. The van der Waals surface area contributed by atoms with Gasteiger partial charge in [-0.15, -0.1) is 0 Å². The highest BCUT2D eigenvalue weighted by Gasteiger charge is 2.66. The molecule has 3 unspecified atom stereocenters. The van der Waals surface area contributed by atoms with Gasteiger partial charge in [0, 0.05) is 0 Å². The van der Waals surface area contributed by atoms with Crippen LogP contribution in [0.3, 0.4) is 0 Å². The lowest BCUT2D eigenvalue weighted by molar-refractivity contribution is -0.268. The molecule has 0 bridgehead atoms. The highest BCUT2D eigenvalue weighted by molar-refractivity contribution is 5.02. The molecule has 0 saturated carbocycles. The third kappa shape index (κ3) is 1.13. The average Bonchev–Trinajstić information content (AvgIpc) is 2.52. The number of ether oxygens (including phenoxy) is 2. The largest absolute Gasteiger partial charge is 0.361 e. The van der Waals surface area contributed by atoms with Crippen molar-refractivity contribution in [2.24, 2.45) is 23.3 Å². The first-order valence-electron chi connectivity index (χ1n) is 4.72. The third-order valence-electron chi connectivity index (χ3n) is 3.15. The van der Waals surface area contributed by atoms with Gasteiger partial charge in [0.25, 0.3) is 0 Å². The second-order valence-electron chi connectivity index (χ2n) is 4.03. The molecular formula is C8H16N2O4. The first-order valence-corrected chi connectivity index (χ1v) is 4.72. The quantitative estimate of drug-likeness (QED) is 0.378. The Morgan fingerprint density at radius 3 is 2.64 bits per heavy atom. The molecule has 2 heterocycles. The molecule has 2 aliphatic heterocycles. The molecule has 2 aliphatic rings. The van der Waals surface area contributed by atoms with Gasteiger partial charge >= 0.3 is 0 Å². The van der Waals surface area contributed by atoms with E-state index in [9.17, 15) is 10.2 Å². The second kappa shape index (κ2) is 2.88. The SMILES string of the molecule is CCC1COC2OC(N)(N)C(O)(O)C12. The Bertz CT molecular complexity index is 243. The molecule has 2 saturated heterocycles. The summed E-state index contributed by atoms with van der Waals surface area (Å²) in [4.78, 5) is 0. The number of hydrogen-bond donors (Lipinski definition) is 4. The number of rotatable bonds is 1. The number of hydrogen-bond acceptors (Lipinski definition) is 6. The molecule has 0 aromatic rings. The maximum Gasteiger partial charge on any atom is 0.229 e. The van der Waals surface area contributed by atoms with Crippen molar-refractivity contribution in [1.82, 2.24) is 0 Å². The van der Waals surface area contributed by atoms with Gasteiger partial charge in [-0.3, -0.25) is 11.5 Å². The summed E-state index contributed by atoms with van der Waals surface area (Å²) >= 11 is 0. The van der Waals surface area contributed by atoms with Crippen molar-refractivity contribution in [2.75, 3.05) is 6.61 Å². The summed E-state index contributed by atoms with van der Waals surface area (Å²) in [5, 5.41) is 19.6. The highest BCUT2D eigenvalue weighted by atomic mass is 16.7. The van der Waals surface area contributed by atoms with Crippen LogP contribution in [-0.2, 0) is 9.47 Å². The molecule has 6 N–H and O–H groups in total. The summed E-state index contributed by atoms with van der Waals surface area (Å²) < 4.78 is 10.3. The molecule has 0 aliphatic carbocycles. The monoisotopic (exact) mass is 204 g/mol. The van der Waals surface area contributed by atoms with Crippen molar-refractivity contribution in [3.63, 3.8) is 0 Å². The fourth-order valence-electron chi connectivity index (χ4n) is 2.18. The van der Waals surface area contributed by atoms with E-state index in [4.69, 9.17) is 20.9 Å². The molecule has 0 radical (unpaired) electrons. The van der Waals surface area contributed by atoms with Crippen molar-refractivity contribution < 1.29 is 19.7 Å². The van der Waals surface area contributed by atoms with Gasteiger partial charge < -0.3 is 19.7 Å². The van der Waals surface area contributed by atoms with Crippen molar-refractivity contribution in [2.45, 2.75) is 31.3 Å². The number of nitrogens with two attached hydrogens (primary N) is 2. The Labute approximate surface area is 81.8 Å². The van der Waals surface area contributed by atoms with Crippen LogP contribution in [0.2, 0.25) is 0 Å². The van der Waals surface area contributed by atoms with Crippen LogP contribution in [0.15, 0.2) is 0 Å². The van der Waals surface area contributed by atoms with E-state index in [0.29, 0.717) is 6.61 Å². The molecular weight excluding hydrogens is 188 g/mol. The normalized spacial score (nSPS) is 43.9. The molecule has 0 aromatic heterocycles. The number of aliphatic hydroxyl groups is 2. The van der Waals surface area contributed by atoms with E-state index < -0.39 is 23.8 Å². The van der Waals surface area contributed by atoms with Crippen LogP contribution < -0.4 is 11.5 Å². The molecule has 2 fully saturated rings. The van der Waals surface area contributed by atoms with E-state index in [1.807, 2.05) is 6.92 Å². The van der Waals surface area contributed by atoms with Crippen LogP contribution in [-0.4, -0.2) is 34.7 Å². The van der Waals surface area contributed by atoms with E-state index in [1.54, 1.807) is 0 Å². The Kier molecular flexibility index (Phi) is 2.11. The van der Waals surface area contributed by atoms with E-state index >= 15 is 0 Å². The van der Waals surface area contributed by atoms with Gasteiger partial charge in [0.2, 0.25) is 11.6 Å². The van der Waals surface area contributed by atoms with E-state index in [-0.39, 0.29) is 5.92 Å². The first kappa shape index (κ1) is 10.3. The van der Waals surface area contributed by atoms with Crippen LogP contribution in [0.4, 0.5) is 0 Å². The van der Waals surface area contributed by atoms with Gasteiger partial charge in [-0.05, 0) is 5.92 Å². The van der Waals surface area contributed by atoms with Crippen molar-refractivity contribution >= 4 is 0 Å². The molecule has 14 heavy (non-hydrogen) atoms. The minimum absolute atomic E-state index is 0.0176. The third-order valence-corrected chi connectivity index (χ3v) is 3.15. The predicted octanol–water partition coefficient (Wildman–Crippen LogP) is -1.73. The summed E-state index contributed by atoms with van der Waals surface area (Å²) in [6.45, 7) is 2.39. The van der Waals surface area contributed by atoms with E-state index in [0.717, 1.165) is 6.42 Å². The zero-order chi connectivity index (χ0) is 10.6. The Hall–Kier alpha value is -0.240. The second-order valence-corrected chi connectivity index (χ2v) is 4.03. The predicted molar refractivity (Wildman–Crippen MR) is 46.4 cm³/mol. The summed E-state index contributed by atoms with van der Waals surface area (Å²) in [5.41, 5.74) is 10.9. The zero-order valence-corrected chi connectivity index (χ0v) is 8.01. The summed E-state index contributed by atoms with van der Waals surface area (Å²) in [5.74, 6) is -4.73. The van der Waals surface area contributed by atoms with Crippen molar-refractivity contribution in [1.29, 1.82) is 0 Å². The first-order chi connectivity index (χ1) is 6.40. The zero-order valence-electron chi connectivity index (χ0n) is 8.01. The maximum atomic E-state index is 9.79. The molecule has 0 spiro atoms. The van der Waals surface area contributed by atoms with E-state index in [2.05, 4.69) is 0 Å². The van der Waals surface area contributed by atoms with Crippen molar-refractivity contribution in [3.8, 4) is 0 Å². The van der Waals surface area contributed by atoms with Gasteiger partial charge in [0.15, 0.2) is 6.29 Å². The highest BCUT2D eigenvalue weighted by Crippen LogP contribution is 2.46. The summed E-state index contributed by atoms with van der Waals surface area (Å²) in [6.07, 6.45) is 0.0636. The molecule has 0 aromatic carbocycles. The molecule has 6 heteroatoms. The fraction of sp³-hybridized carbons (Fsp3) is 1.00. The van der Waals surface area contributed by atoms with Gasteiger partial charge in [0.05, 0.1) is 12.5 Å². The standard InChI is InChI=1S/C8H16N2O4/c1-2-4-3-13-6-5(4)7(11,12)8(9,10)14-6/h4-6,11-12H,2-3,9-10H2,1H3. The van der Waals surface area contributed by atoms with Gasteiger partial charge in [-0.25, -0.2) is 0 Å². The van der Waals surface area contributed by atoms with Crippen LogP contribution in [0, 0.1) is 11.8 Å². The number of fused-ring (bicyclic) bond motifs is 1. The fourth-order valence-corrected chi connectivity index (χ4v) is 2.18. The Morgan fingerprint density at radius 1 is 1.43 bits per heavy atom. The van der Waals surface area contributed by atoms with E-state index in [1.165, 1.54) is 0 Å². The molecule has 82 valence electrons.